The number of aromatic nitrogens is 1. The van der Waals surface area contributed by atoms with Gasteiger partial charge in [0, 0.05) is 27.6 Å². The van der Waals surface area contributed by atoms with E-state index in [4.69, 9.17) is 0 Å². The van der Waals surface area contributed by atoms with Crippen molar-refractivity contribution in [1.29, 1.82) is 0 Å². The first-order valence-electron chi connectivity index (χ1n) is 8.72. The minimum atomic E-state index is 0.0317. The Kier molecular flexibility index (Phi) is 2.60. The summed E-state index contributed by atoms with van der Waals surface area (Å²) in [5, 5.41) is 2.66. The molecule has 1 unspecified atom stereocenters. The summed E-state index contributed by atoms with van der Waals surface area (Å²) in [5.74, 6) is 0.404. The van der Waals surface area contributed by atoms with E-state index in [1.165, 1.54) is 44.1 Å². The molecule has 1 heterocycles. The Hall–Kier alpha value is -2.54. The lowest BCUT2D eigenvalue weighted by Gasteiger charge is -2.38. The molecule has 1 heteroatoms. The van der Waals surface area contributed by atoms with E-state index >= 15 is 0 Å². The summed E-state index contributed by atoms with van der Waals surface area (Å²) in [6.07, 6.45) is 0. The van der Waals surface area contributed by atoms with E-state index in [1.54, 1.807) is 0 Å². The van der Waals surface area contributed by atoms with Crippen LogP contribution in [0.15, 0.2) is 60.7 Å². The maximum atomic E-state index is 3.71. The highest BCUT2D eigenvalue weighted by Crippen LogP contribution is 2.49. The minimum absolute atomic E-state index is 0.0317. The van der Waals surface area contributed by atoms with Crippen LogP contribution in [0.5, 0.6) is 0 Å². The van der Waals surface area contributed by atoms with Gasteiger partial charge in [0.1, 0.15) is 0 Å². The van der Waals surface area contributed by atoms with E-state index in [0.717, 1.165) is 0 Å². The average molecular weight is 311 g/mol. The number of benzene rings is 3. The van der Waals surface area contributed by atoms with Gasteiger partial charge in [0.15, 0.2) is 0 Å². The summed E-state index contributed by atoms with van der Waals surface area (Å²) in [6, 6.07) is 22.2. The van der Waals surface area contributed by atoms with Crippen LogP contribution >= 0.6 is 0 Å². The fraction of sp³-hybridized carbons (Fsp3) is 0.217. The highest BCUT2D eigenvalue weighted by molar-refractivity contribution is 6.09. The number of nitrogens with one attached hydrogen (secondary N) is 1. The van der Waals surface area contributed by atoms with Crippen LogP contribution in [0.4, 0.5) is 0 Å². The maximum absolute atomic E-state index is 3.71. The Morgan fingerprint density at radius 3 is 2.42 bits per heavy atom. The molecule has 0 fully saturated rings. The molecule has 1 nitrogen and oxygen atoms in total. The molecule has 1 N–H and O–H groups in total. The molecule has 24 heavy (non-hydrogen) atoms. The van der Waals surface area contributed by atoms with Crippen LogP contribution in [0, 0.1) is 0 Å². The van der Waals surface area contributed by atoms with Crippen molar-refractivity contribution in [2.24, 2.45) is 0 Å². The molecule has 0 saturated carbocycles. The zero-order chi connectivity index (χ0) is 16.5. The Morgan fingerprint density at radius 2 is 1.54 bits per heavy atom. The highest BCUT2D eigenvalue weighted by atomic mass is 14.7. The van der Waals surface area contributed by atoms with Crippen molar-refractivity contribution in [1.82, 2.24) is 4.98 Å². The van der Waals surface area contributed by atoms with Crippen molar-refractivity contribution in [2.45, 2.75) is 32.1 Å². The Balaban J connectivity index is 1.93. The highest BCUT2D eigenvalue weighted by Gasteiger charge is 2.36. The van der Waals surface area contributed by atoms with Gasteiger partial charge < -0.3 is 4.98 Å². The van der Waals surface area contributed by atoms with Crippen LogP contribution in [-0.2, 0) is 5.41 Å². The van der Waals surface area contributed by atoms with E-state index in [0.29, 0.717) is 5.92 Å². The summed E-state index contributed by atoms with van der Waals surface area (Å²) >= 11 is 0. The van der Waals surface area contributed by atoms with Crippen molar-refractivity contribution >= 4 is 21.8 Å². The first kappa shape index (κ1) is 13.9. The van der Waals surface area contributed by atoms with Gasteiger partial charge in [0.05, 0.1) is 5.52 Å². The molecule has 1 aliphatic carbocycles. The first-order chi connectivity index (χ1) is 11.6. The second-order valence-corrected chi connectivity index (χ2v) is 7.55. The summed E-state index contributed by atoms with van der Waals surface area (Å²) in [6.45, 7) is 7.05. The predicted octanol–water partition coefficient (Wildman–Crippen LogP) is 6.11. The maximum Gasteiger partial charge on any atom is 0.0506 e. The molecule has 1 atom stereocenters. The van der Waals surface area contributed by atoms with Gasteiger partial charge in [0.2, 0.25) is 0 Å². The quantitative estimate of drug-likeness (QED) is 0.403. The lowest BCUT2D eigenvalue weighted by atomic mass is 9.65. The Bertz CT molecular complexity index is 1100. The van der Waals surface area contributed by atoms with Gasteiger partial charge in [-0.25, -0.2) is 0 Å². The lowest BCUT2D eigenvalue weighted by molar-refractivity contribution is 0.593. The van der Waals surface area contributed by atoms with E-state index in [2.05, 4.69) is 86.4 Å². The minimum Gasteiger partial charge on any atom is -0.354 e. The standard InChI is InChI=1S/C23H21N/c1-14-15-8-4-6-10-18(15)23(2,3)19-13-12-17-16-9-5-7-11-20(16)24-22(17)21(14)19/h4-14,24H,1-3H3. The van der Waals surface area contributed by atoms with E-state index in [-0.39, 0.29) is 5.41 Å². The molecular weight excluding hydrogens is 290 g/mol. The Labute approximate surface area is 142 Å². The van der Waals surface area contributed by atoms with Crippen LogP contribution in [0.3, 0.4) is 0 Å². The summed E-state index contributed by atoms with van der Waals surface area (Å²) < 4.78 is 0. The summed E-state index contributed by atoms with van der Waals surface area (Å²) in [5.41, 5.74) is 8.40. The molecule has 0 aliphatic heterocycles. The van der Waals surface area contributed by atoms with Crippen LogP contribution < -0.4 is 0 Å². The molecule has 0 bridgehead atoms. The van der Waals surface area contributed by atoms with Gasteiger partial charge >= 0.3 is 0 Å². The van der Waals surface area contributed by atoms with Gasteiger partial charge in [-0.15, -0.1) is 0 Å². The van der Waals surface area contributed by atoms with Gasteiger partial charge in [-0.2, -0.15) is 0 Å². The number of H-pyrrole nitrogens is 1. The van der Waals surface area contributed by atoms with Crippen LogP contribution in [-0.4, -0.2) is 4.98 Å². The third-order valence-corrected chi connectivity index (χ3v) is 5.93. The Morgan fingerprint density at radius 1 is 0.792 bits per heavy atom. The second kappa shape index (κ2) is 4.51. The van der Waals surface area contributed by atoms with Crippen molar-refractivity contribution in [3.05, 3.63) is 82.9 Å². The number of para-hydroxylation sites is 1. The monoisotopic (exact) mass is 311 g/mol. The summed E-state index contributed by atoms with van der Waals surface area (Å²) in [7, 11) is 0. The van der Waals surface area contributed by atoms with Crippen LogP contribution in [0.1, 0.15) is 48.9 Å². The largest absolute Gasteiger partial charge is 0.354 e. The fourth-order valence-corrected chi connectivity index (χ4v) is 4.68. The number of hydrogen-bond acceptors (Lipinski definition) is 0. The van der Waals surface area contributed by atoms with Crippen LogP contribution in [0.2, 0.25) is 0 Å². The molecule has 1 aliphatic rings. The van der Waals surface area contributed by atoms with E-state index < -0.39 is 0 Å². The van der Waals surface area contributed by atoms with Crippen molar-refractivity contribution in [2.75, 3.05) is 0 Å². The number of fused-ring (bicyclic) bond motifs is 6. The number of rotatable bonds is 0. The van der Waals surface area contributed by atoms with E-state index in [1.807, 2.05) is 0 Å². The molecule has 0 saturated heterocycles. The molecule has 0 radical (unpaired) electrons. The second-order valence-electron chi connectivity index (χ2n) is 7.55. The number of hydrogen-bond donors (Lipinski definition) is 1. The van der Waals surface area contributed by atoms with Gasteiger partial charge in [-0.1, -0.05) is 75.4 Å². The van der Waals surface area contributed by atoms with E-state index in [9.17, 15) is 0 Å². The molecule has 0 spiro atoms. The predicted molar refractivity (Wildman–Crippen MR) is 102 cm³/mol. The SMILES string of the molecule is CC1c2ccccc2C(C)(C)c2ccc3c([nH]c4ccccc43)c21. The van der Waals surface area contributed by atoms with Crippen molar-refractivity contribution in [3.63, 3.8) is 0 Å². The molecule has 0 amide bonds. The van der Waals surface area contributed by atoms with Crippen LogP contribution in [0.25, 0.3) is 21.8 Å². The van der Waals surface area contributed by atoms with Gasteiger partial charge in [-0.05, 0) is 28.3 Å². The average Bonchev–Trinajstić information content (AvgIpc) is 2.98. The molecule has 3 aromatic carbocycles. The molecule has 4 aromatic rings. The molecule has 5 rings (SSSR count). The van der Waals surface area contributed by atoms with Gasteiger partial charge in [0.25, 0.3) is 0 Å². The number of aromatic amines is 1. The molecule has 1 aromatic heterocycles. The van der Waals surface area contributed by atoms with Crippen molar-refractivity contribution < 1.29 is 0 Å². The van der Waals surface area contributed by atoms with Gasteiger partial charge in [-0.3, -0.25) is 0 Å². The first-order valence-corrected chi connectivity index (χ1v) is 8.72. The molecular formula is C23H21N. The zero-order valence-electron chi connectivity index (χ0n) is 14.4. The van der Waals surface area contributed by atoms with Crippen molar-refractivity contribution in [3.8, 4) is 0 Å². The zero-order valence-corrected chi connectivity index (χ0v) is 14.4. The lowest BCUT2D eigenvalue weighted by Crippen LogP contribution is -2.28. The fourth-order valence-electron chi connectivity index (χ4n) is 4.68. The summed E-state index contributed by atoms with van der Waals surface area (Å²) in [4.78, 5) is 3.71. The third kappa shape index (κ3) is 1.60. The topological polar surface area (TPSA) is 15.8 Å². The third-order valence-electron chi connectivity index (χ3n) is 5.93. The molecule has 118 valence electrons. The smallest absolute Gasteiger partial charge is 0.0506 e. The normalized spacial score (nSPS) is 18.5.